The highest BCUT2D eigenvalue weighted by molar-refractivity contribution is 5.94. The summed E-state index contributed by atoms with van der Waals surface area (Å²) in [6.45, 7) is 11.0. The molecule has 1 saturated heterocycles. The Hall–Kier alpha value is -2.47. The van der Waals surface area contributed by atoms with Gasteiger partial charge in [0.1, 0.15) is 11.6 Å². The molecule has 0 N–H and O–H groups in total. The van der Waals surface area contributed by atoms with Gasteiger partial charge in [0.15, 0.2) is 0 Å². The van der Waals surface area contributed by atoms with Gasteiger partial charge in [0.2, 0.25) is 0 Å². The molecule has 2 aliphatic rings. The number of benzene rings is 1. The minimum absolute atomic E-state index is 0.0703. The number of carbonyl (C=O) groups excluding carboxylic acids is 1. The number of nitrogens with zero attached hydrogens (tertiary/aromatic N) is 4. The molecule has 6 heteroatoms. The summed E-state index contributed by atoms with van der Waals surface area (Å²) in [4.78, 5) is 26.7. The second-order valence-electron chi connectivity index (χ2n) is 8.02. The molecule has 28 heavy (non-hydrogen) atoms. The summed E-state index contributed by atoms with van der Waals surface area (Å²) >= 11 is 0. The molecule has 1 amide bonds. The molecule has 1 aromatic heterocycles. The third kappa shape index (κ3) is 3.74. The average molecular weight is 380 g/mol. The molecule has 2 aromatic rings. The Bertz CT molecular complexity index is 871. The van der Waals surface area contributed by atoms with Crippen molar-refractivity contribution in [1.82, 2.24) is 14.9 Å². The van der Waals surface area contributed by atoms with Gasteiger partial charge in [-0.15, -0.1) is 0 Å². The topological polar surface area (TPSA) is 58.6 Å². The molecule has 2 atom stereocenters. The van der Waals surface area contributed by atoms with E-state index >= 15 is 0 Å². The lowest BCUT2D eigenvalue weighted by Crippen LogP contribution is -2.47. The molecular formula is C22H28N4O2. The lowest BCUT2D eigenvalue weighted by atomic mass is 10.0. The van der Waals surface area contributed by atoms with E-state index in [9.17, 15) is 4.79 Å². The minimum Gasteiger partial charge on any atom is -0.372 e. The average Bonchev–Trinajstić information content (AvgIpc) is 2.66. The minimum atomic E-state index is 0.0703. The maximum Gasteiger partial charge on any atom is 0.254 e. The van der Waals surface area contributed by atoms with Crippen LogP contribution < -0.4 is 4.90 Å². The second kappa shape index (κ2) is 7.51. The summed E-state index contributed by atoms with van der Waals surface area (Å²) in [5, 5.41) is 0. The van der Waals surface area contributed by atoms with E-state index in [1.165, 1.54) is 0 Å². The van der Waals surface area contributed by atoms with Crippen molar-refractivity contribution in [2.45, 2.75) is 52.9 Å². The van der Waals surface area contributed by atoms with E-state index in [0.29, 0.717) is 13.1 Å². The summed E-state index contributed by atoms with van der Waals surface area (Å²) in [7, 11) is 0. The first-order valence-electron chi connectivity index (χ1n) is 10.0. The molecule has 0 bridgehead atoms. The van der Waals surface area contributed by atoms with E-state index in [1.807, 2.05) is 43.0 Å². The highest BCUT2D eigenvalue weighted by Gasteiger charge is 2.30. The second-order valence-corrected chi connectivity index (χ2v) is 8.02. The van der Waals surface area contributed by atoms with E-state index < -0.39 is 0 Å². The summed E-state index contributed by atoms with van der Waals surface area (Å²) in [6, 6.07) is 7.79. The third-order valence-electron chi connectivity index (χ3n) is 5.46. The maximum absolute atomic E-state index is 13.0. The van der Waals surface area contributed by atoms with Crippen LogP contribution in [0.5, 0.6) is 0 Å². The fourth-order valence-corrected chi connectivity index (χ4v) is 4.18. The summed E-state index contributed by atoms with van der Waals surface area (Å²) in [5.74, 6) is 1.82. The Kier molecular flexibility index (Phi) is 5.06. The first-order chi connectivity index (χ1) is 13.4. The van der Waals surface area contributed by atoms with Crippen LogP contribution in [0.15, 0.2) is 24.3 Å². The van der Waals surface area contributed by atoms with Gasteiger partial charge in [-0.05, 0) is 39.8 Å². The first-order valence-corrected chi connectivity index (χ1v) is 10.0. The quantitative estimate of drug-likeness (QED) is 0.802. The smallest absolute Gasteiger partial charge is 0.254 e. The predicted molar refractivity (Wildman–Crippen MR) is 109 cm³/mol. The van der Waals surface area contributed by atoms with E-state index in [2.05, 4.69) is 23.7 Å². The number of rotatable bonds is 2. The highest BCUT2D eigenvalue weighted by Crippen LogP contribution is 2.29. The lowest BCUT2D eigenvalue weighted by Gasteiger charge is -2.38. The molecule has 148 valence electrons. The van der Waals surface area contributed by atoms with Crippen LogP contribution in [0.4, 0.5) is 5.82 Å². The number of ether oxygens (including phenoxy) is 1. The van der Waals surface area contributed by atoms with Crippen LogP contribution in [0.1, 0.15) is 46.9 Å². The normalized spacial score (nSPS) is 22.1. The van der Waals surface area contributed by atoms with Gasteiger partial charge in [-0.25, -0.2) is 9.97 Å². The zero-order valence-electron chi connectivity index (χ0n) is 17.1. The standard InChI is InChI=1S/C22H28N4O2/c1-14-5-7-18(8-6-14)22(27)25-10-9-20-19(13-25)21(24-17(4)23-20)26-11-15(2)28-16(3)12-26/h5-8,15-16H,9-13H2,1-4H3/t15-,16+. The van der Waals surface area contributed by atoms with Crippen molar-refractivity contribution in [3.63, 3.8) is 0 Å². The predicted octanol–water partition coefficient (Wildman–Crippen LogP) is 2.91. The fraction of sp³-hybridized carbons (Fsp3) is 0.500. The zero-order chi connectivity index (χ0) is 19.8. The number of amides is 1. The van der Waals surface area contributed by atoms with Crippen LogP contribution in [-0.4, -0.2) is 52.6 Å². The SMILES string of the molecule is Cc1ccc(C(=O)N2CCc3nc(C)nc(N4C[C@@H](C)O[C@@H](C)C4)c3C2)cc1. The monoisotopic (exact) mass is 380 g/mol. The lowest BCUT2D eigenvalue weighted by molar-refractivity contribution is -0.00560. The van der Waals surface area contributed by atoms with Crippen molar-refractivity contribution in [1.29, 1.82) is 0 Å². The van der Waals surface area contributed by atoms with Crippen LogP contribution in [0, 0.1) is 13.8 Å². The van der Waals surface area contributed by atoms with Crippen molar-refractivity contribution in [3.8, 4) is 0 Å². The molecule has 0 saturated carbocycles. The Morgan fingerprint density at radius 3 is 2.43 bits per heavy atom. The molecule has 6 nitrogen and oxygen atoms in total. The molecular weight excluding hydrogens is 352 g/mol. The molecule has 0 unspecified atom stereocenters. The van der Waals surface area contributed by atoms with Crippen LogP contribution in [0.3, 0.4) is 0 Å². The summed E-state index contributed by atoms with van der Waals surface area (Å²) in [6.07, 6.45) is 1.07. The van der Waals surface area contributed by atoms with Gasteiger partial charge in [0.25, 0.3) is 5.91 Å². The largest absolute Gasteiger partial charge is 0.372 e. The molecule has 0 spiro atoms. The number of hydrogen-bond donors (Lipinski definition) is 0. The van der Waals surface area contributed by atoms with Gasteiger partial charge >= 0.3 is 0 Å². The highest BCUT2D eigenvalue weighted by atomic mass is 16.5. The number of hydrogen-bond acceptors (Lipinski definition) is 5. The molecule has 2 aliphatic heterocycles. The molecule has 0 radical (unpaired) electrons. The molecule has 1 aromatic carbocycles. The van der Waals surface area contributed by atoms with E-state index in [4.69, 9.17) is 9.72 Å². The van der Waals surface area contributed by atoms with Gasteiger partial charge in [-0.3, -0.25) is 4.79 Å². The fourth-order valence-electron chi connectivity index (χ4n) is 4.18. The van der Waals surface area contributed by atoms with E-state index in [1.54, 1.807) is 0 Å². The first kappa shape index (κ1) is 18.9. The van der Waals surface area contributed by atoms with Crippen molar-refractivity contribution >= 4 is 11.7 Å². The Morgan fingerprint density at radius 1 is 1.07 bits per heavy atom. The number of aryl methyl sites for hydroxylation is 2. The van der Waals surface area contributed by atoms with E-state index in [0.717, 1.165) is 53.5 Å². The van der Waals surface area contributed by atoms with Crippen molar-refractivity contribution in [3.05, 3.63) is 52.5 Å². The van der Waals surface area contributed by atoms with Gasteiger partial charge in [-0.2, -0.15) is 0 Å². The third-order valence-corrected chi connectivity index (χ3v) is 5.46. The van der Waals surface area contributed by atoms with Gasteiger partial charge in [-0.1, -0.05) is 17.7 Å². The molecule has 1 fully saturated rings. The van der Waals surface area contributed by atoms with Crippen LogP contribution >= 0.6 is 0 Å². The van der Waals surface area contributed by atoms with Crippen molar-refractivity contribution in [2.75, 3.05) is 24.5 Å². The van der Waals surface area contributed by atoms with Gasteiger partial charge < -0.3 is 14.5 Å². The van der Waals surface area contributed by atoms with Crippen LogP contribution in [0.25, 0.3) is 0 Å². The molecule has 0 aliphatic carbocycles. The van der Waals surface area contributed by atoms with Gasteiger partial charge in [0, 0.05) is 37.2 Å². The summed E-state index contributed by atoms with van der Waals surface area (Å²) < 4.78 is 5.89. The van der Waals surface area contributed by atoms with Gasteiger partial charge in [0.05, 0.1) is 24.4 Å². The number of anilines is 1. The summed E-state index contributed by atoms with van der Waals surface area (Å²) in [5.41, 5.74) is 4.04. The molecule has 4 rings (SSSR count). The Balaban J connectivity index is 1.63. The number of carbonyl (C=O) groups is 1. The number of aromatic nitrogens is 2. The Labute approximate surface area is 166 Å². The number of morpholine rings is 1. The van der Waals surface area contributed by atoms with Crippen molar-refractivity contribution in [2.24, 2.45) is 0 Å². The number of fused-ring (bicyclic) bond motifs is 1. The molecule has 3 heterocycles. The van der Waals surface area contributed by atoms with Crippen molar-refractivity contribution < 1.29 is 9.53 Å². The van der Waals surface area contributed by atoms with E-state index in [-0.39, 0.29) is 18.1 Å². The Morgan fingerprint density at radius 2 is 1.75 bits per heavy atom. The zero-order valence-corrected chi connectivity index (χ0v) is 17.1. The van der Waals surface area contributed by atoms with Crippen LogP contribution in [0.2, 0.25) is 0 Å². The van der Waals surface area contributed by atoms with Crippen LogP contribution in [-0.2, 0) is 17.7 Å². The maximum atomic E-state index is 13.0.